The Morgan fingerprint density at radius 2 is 2.00 bits per heavy atom. The molecule has 0 radical (unpaired) electrons. The lowest BCUT2D eigenvalue weighted by molar-refractivity contribution is -0.161. The lowest BCUT2D eigenvalue weighted by Gasteiger charge is -2.27. The van der Waals surface area contributed by atoms with Gasteiger partial charge in [0.1, 0.15) is 6.10 Å². The number of benzene rings is 1. The van der Waals surface area contributed by atoms with Crippen LogP contribution in [0.5, 0.6) is 0 Å². The van der Waals surface area contributed by atoms with E-state index in [2.05, 4.69) is 18.7 Å². The monoisotopic (exact) mass is 335 g/mol. The molecule has 1 aromatic rings. The molecule has 0 aliphatic carbocycles. The second-order valence-corrected chi connectivity index (χ2v) is 5.46. The Morgan fingerprint density at radius 1 is 1.30 bits per heavy atom. The predicted octanol–water partition coefficient (Wildman–Crippen LogP) is 3.54. The van der Waals surface area contributed by atoms with Crippen LogP contribution in [0.4, 0.5) is 0 Å². The number of hydrogen-bond acceptors (Lipinski definition) is 5. The average Bonchev–Trinajstić information content (AvgIpc) is 2.60. The van der Waals surface area contributed by atoms with E-state index in [4.69, 9.17) is 14.7 Å². The number of carbonyl (C=O) groups is 1. The molecule has 2 rings (SSSR count). The summed E-state index contributed by atoms with van der Waals surface area (Å²) in [5.74, 6) is -0.148. The Balaban J connectivity index is 0.00000127. The highest BCUT2D eigenvalue weighted by Gasteiger charge is 2.27. The van der Waals surface area contributed by atoms with E-state index in [1.165, 1.54) is 5.56 Å². The summed E-state index contributed by atoms with van der Waals surface area (Å²) >= 11 is 3.53. The molecule has 0 N–H and O–H groups in total. The fraction of sp³-hybridized carbons (Fsp3) is 0.556. The van der Waals surface area contributed by atoms with Crippen molar-refractivity contribution in [1.29, 1.82) is 5.26 Å². The van der Waals surface area contributed by atoms with Crippen molar-refractivity contribution in [2.45, 2.75) is 50.7 Å². The summed E-state index contributed by atoms with van der Waals surface area (Å²) in [5.41, 5.74) is 1.93. The van der Waals surface area contributed by atoms with Gasteiger partial charge in [-0.15, -0.1) is 0 Å². The highest BCUT2D eigenvalue weighted by atomic mass is 32.1. The van der Waals surface area contributed by atoms with E-state index in [9.17, 15) is 4.79 Å². The minimum atomic E-state index is -0.148. The third-order valence-corrected chi connectivity index (χ3v) is 3.88. The van der Waals surface area contributed by atoms with Crippen LogP contribution in [0.15, 0.2) is 24.3 Å². The largest absolute Gasteiger partial charge is 0.462 e. The van der Waals surface area contributed by atoms with E-state index in [0.717, 1.165) is 32.1 Å². The third-order valence-electron chi connectivity index (χ3n) is 3.88. The Morgan fingerprint density at radius 3 is 2.61 bits per heavy atom. The average molecular weight is 335 g/mol. The van der Waals surface area contributed by atoms with E-state index in [1.807, 2.05) is 24.3 Å². The van der Waals surface area contributed by atoms with Crippen molar-refractivity contribution >= 4 is 18.6 Å². The molecule has 23 heavy (non-hydrogen) atoms. The second-order valence-electron chi connectivity index (χ2n) is 5.46. The topological polar surface area (TPSA) is 59.3 Å². The molecule has 126 valence electrons. The van der Waals surface area contributed by atoms with Gasteiger partial charge in [0.2, 0.25) is 0 Å². The number of aryl methyl sites for hydroxylation is 1. The third kappa shape index (κ3) is 7.06. The number of cyclic esters (lactones) is 1. The van der Waals surface area contributed by atoms with Gasteiger partial charge in [0.25, 0.3) is 0 Å². The lowest BCUT2D eigenvalue weighted by atomic mass is 9.99. The molecule has 0 saturated carbocycles. The van der Waals surface area contributed by atoms with Crippen molar-refractivity contribution in [2.24, 2.45) is 0 Å². The molecule has 1 heterocycles. The highest BCUT2D eigenvalue weighted by Crippen LogP contribution is 2.21. The van der Waals surface area contributed by atoms with Crippen molar-refractivity contribution < 1.29 is 14.3 Å². The Labute approximate surface area is 144 Å². The van der Waals surface area contributed by atoms with Crippen LogP contribution in [-0.4, -0.2) is 31.5 Å². The molecule has 0 aromatic heterocycles. The first-order chi connectivity index (χ1) is 11.2. The van der Waals surface area contributed by atoms with E-state index in [1.54, 1.807) is 13.4 Å². The van der Waals surface area contributed by atoms with Gasteiger partial charge in [-0.25, -0.2) is 0 Å². The first kappa shape index (κ1) is 19.5. The SMILES string of the molecule is COC1CC(=O)OC(CCCCc2ccc(C#N)cc2)C1.CS. The lowest BCUT2D eigenvalue weighted by Crippen LogP contribution is -2.33. The zero-order valence-electron chi connectivity index (χ0n) is 13.8. The standard InChI is InChI=1S/C17H21NO3.CH4S/c1-20-16-10-15(21-17(19)11-16)5-3-2-4-13-6-8-14(12-18)9-7-13;1-2/h6-9,15-16H,2-5,10-11H2,1H3;2H,1H3. The van der Waals surface area contributed by atoms with Crippen LogP contribution in [0.2, 0.25) is 0 Å². The van der Waals surface area contributed by atoms with Gasteiger partial charge in [-0.1, -0.05) is 12.1 Å². The van der Waals surface area contributed by atoms with Crippen molar-refractivity contribution in [3.63, 3.8) is 0 Å². The minimum Gasteiger partial charge on any atom is -0.462 e. The molecular weight excluding hydrogens is 310 g/mol. The summed E-state index contributed by atoms with van der Waals surface area (Å²) < 4.78 is 10.6. The number of thiol groups is 1. The molecule has 4 nitrogen and oxygen atoms in total. The molecule has 1 aromatic carbocycles. The number of unbranched alkanes of at least 4 members (excludes halogenated alkanes) is 1. The van der Waals surface area contributed by atoms with E-state index in [0.29, 0.717) is 12.0 Å². The van der Waals surface area contributed by atoms with E-state index in [-0.39, 0.29) is 18.2 Å². The van der Waals surface area contributed by atoms with Gasteiger partial charge in [0.05, 0.1) is 24.2 Å². The van der Waals surface area contributed by atoms with Gasteiger partial charge in [0.15, 0.2) is 0 Å². The molecule has 5 heteroatoms. The van der Waals surface area contributed by atoms with Crippen molar-refractivity contribution in [1.82, 2.24) is 0 Å². The van der Waals surface area contributed by atoms with Crippen LogP contribution < -0.4 is 0 Å². The van der Waals surface area contributed by atoms with Crippen LogP contribution in [0.1, 0.15) is 43.2 Å². The maximum absolute atomic E-state index is 11.4. The molecule has 1 aliphatic heterocycles. The number of carbonyl (C=O) groups excluding carboxylic acids is 1. The fourth-order valence-electron chi connectivity index (χ4n) is 2.65. The number of methoxy groups -OCH3 is 1. The maximum Gasteiger partial charge on any atom is 0.308 e. The van der Waals surface area contributed by atoms with Gasteiger partial charge < -0.3 is 9.47 Å². The van der Waals surface area contributed by atoms with Crippen molar-refractivity contribution in [3.05, 3.63) is 35.4 Å². The second kappa shape index (κ2) is 11.1. The van der Waals surface area contributed by atoms with Crippen LogP contribution >= 0.6 is 12.6 Å². The molecular formula is C18H25NO3S. The number of rotatable bonds is 6. The van der Waals surface area contributed by atoms with Crippen LogP contribution in [0, 0.1) is 11.3 Å². The zero-order valence-corrected chi connectivity index (χ0v) is 14.7. The van der Waals surface area contributed by atoms with Gasteiger partial charge in [-0.2, -0.15) is 17.9 Å². The number of esters is 1. The molecule has 0 spiro atoms. The molecule has 2 unspecified atom stereocenters. The molecule has 1 aliphatic rings. The Hall–Kier alpha value is -1.51. The van der Waals surface area contributed by atoms with Crippen LogP contribution in [0.25, 0.3) is 0 Å². The van der Waals surface area contributed by atoms with Gasteiger partial charge >= 0.3 is 5.97 Å². The normalized spacial score (nSPS) is 20.0. The van der Waals surface area contributed by atoms with Gasteiger partial charge in [0, 0.05) is 13.5 Å². The summed E-state index contributed by atoms with van der Waals surface area (Å²) in [4.78, 5) is 11.4. The number of nitriles is 1. The van der Waals surface area contributed by atoms with Gasteiger partial charge in [-0.05, 0) is 49.6 Å². The summed E-state index contributed by atoms with van der Waals surface area (Å²) in [6.45, 7) is 0. The quantitative estimate of drug-likeness (QED) is 0.491. The molecule has 0 amide bonds. The van der Waals surface area contributed by atoms with Crippen LogP contribution in [-0.2, 0) is 20.7 Å². The number of nitrogens with zero attached hydrogens (tertiary/aromatic N) is 1. The number of ether oxygens (including phenoxy) is 2. The zero-order chi connectivity index (χ0) is 17.1. The first-order valence-corrected chi connectivity index (χ1v) is 8.76. The summed E-state index contributed by atoms with van der Waals surface area (Å²) in [5, 5.41) is 8.75. The smallest absolute Gasteiger partial charge is 0.308 e. The maximum atomic E-state index is 11.4. The van der Waals surface area contributed by atoms with Crippen molar-refractivity contribution in [2.75, 3.05) is 13.4 Å². The predicted molar refractivity (Wildman–Crippen MR) is 93.5 cm³/mol. The highest BCUT2D eigenvalue weighted by molar-refractivity contribution is 7.79. The molecule has 2 atom stereocenters. The molecule has 1 fully saturated rings. The summed E-state index contributed by atoms with van der Waals surface area (Å²) in [6.07, 6.45) is 6.83. The molecule has 1 saturated heterocycles. The number of hydrogen-bond donors (Lipinski definition) is 1. The fourth-order valence-corrected chi connectivity index (χ4v) is 2.65. The minimum absolute atomic E-state index is 0.00263. The first-order valence-electron chi connectivity index (χ1n) is 7.87. The summed E-state index contributed by atoms with van der Waals surface area (Å²) in [7, 11) is 1.64. The van der Waals surface area contributed by atoms with Gasteiger partial charge in [-0.3, -0.25) is 4.79 Å². The van der Waals surface area contributed by atoms with Crippen molar-refractivity contribution in [3.8, 4) is 6.07 Å². The Bertz CT molecular complexity index is 510. The molecule has 0 bridgehead atoms. The van der Waals surface area contributed by atoms with E-state index < -0.39 is 0 Å². The van der Waals surface area contributed by atoms with E-state index >= 15 is 0 Å². The Kier molecular flexibility index (Phi) is 9.42. The summed E-state index contributed by atoms with van der Waals surface area (Å²) in [6, 6.07) is 9.82. The van der Waals surface area contributed by atoms with Crippen LogP contribution in [0.3, 0.4) is 0 Å².